The van der Waals surface area contributed by atoms with Crippen molar-refractivity contribution in [1.82, 2.24) is 15.2 Å². The lowest BCUT2D eigenvalue weighted by Gasteiger charge is -2.19. The highest BCUT2D eigenvalue weighted by Crippen LogP contribution is 2.33. The highest BCUT2D eigenvalue weighted by Gasteiger charge is 2.33. The molecule has 0 bridgehead atoms. The Kier molecular flexibility index (Phi) is 8.35. The minimum absolute atomic E-state index is 0.0721. The number of carbonyl (C=O) groups is 2. The molecule has 2 amide bonds. The number of fused-ring (bicyclic) bond motifs is 1. The quantitative estimate of drug-likeness (QED) is 0.259. The van der Waals surface area contributed by atoms with Crippen LogP contribution in [0.4, 0.5) is 13.2 Å². The van der Waals surface area contributed by atoms with E-state index in [9.17, 15) is 28.0 Å². The highest BCUT2D eigenvalue weighted by molar-refractivity contribution is 6.34. The number of hydrogen-bond donors (Lipinski definition) is 2. The van der Waals surface area contributed by atoms with Crippen LogP contribution < -0.4 is 10.1 Å². The van der Waals surface area contributed by atoms with Gasteiger partial charge in [-0.1, -0.05) is 41.9 Å². The van der Waals surface area contributed by atoms with Crippen LogP contribution in [0.2, 0.25) is 5.02 Å². The number of benzene rings is 3. The Morgan fingerprint density at radius 2 is 1.77 bits per heavy atom. The lowest BCUT2D eigenvalue weighted by Crippen LogP contribution is -2.36. The van der Waals surface area contributed by atoms with Gasteiger partial charge in [-0.2, -0.15) is 5.26 Å². The molecule has 0 saturated carbocycles. The number of hydrogen-bond acceptors (Lipinski definition) is 4. The summed E-state index contributed by atoms with van der Waals surface area (Å²) >= 11 is 6.32. The summed E-state index contributed by atoms with van der Waals surface area (Å²) in [6, 6.07) is 17.1. The van der Waals surface area contributed by atoms with Crippen molar-refractivity contribution in [2.75, 3.05) is 14.1 Å². The Morgan fingerprint density at radius 1 is 1.07 bits per heavy atom. The van der Waals surface area contributed by atoms with Crippen LogP contribution in [0.25, 0.3) is 22.0 Å². The summed E-state index contributed by atoms with van der Waals surface area (Å²) in [6.45, 7) is 0. The Balaban J connectivity index is 1.67. The lowest BCUT2D eigenvalue weighted by atomic mass is 9.99. The Labute approximate surface area is 233 Å². The number of halogens is 4. The van der Waals surface area contributed by atoms with Crippen molar-refractivity contribution in [2.45, 2.75) is 25.2 Å². The van der Waals surface area contributed by atoms with Gasteiger partial charge in [0.25, 0.3) is 11.8 Å². The Bertz CT molecular complexity index is 1610. The number of ether oxygens (including phenoxy) is 1. The maximum absolute atomic E-state index is 13.3. The zero-order chi connectivity index (χ0) is 29.0. The van der Waals surface area contributed by atoms with E-state index >= 15 is 0 Å². The summed E-state index contributed by atoms with van der Waals surface area (Å²) in [5.74, 6) is -1.85. The SMILES string of the molecule is CN(C)C(=O)c1ccc(-c2ccc(OC(F)(F)F)c(C(=O)NC(CC#N)Cc3c[nH]c4ccccc34)c2)cc1Cl. The van der Waals surface area contributed by atoms with Crippen LogP contribution in [-0.4, -0.2) is 48.2 Å². The van der Waals surface area contributed by atoms with Gasteiger partial charge in [0.05, 0.1) is 28.6 Å². The number of nitriles is 1. The second-order valence-corrected chi connectivity index (χ2v) is 9.66. The molecule has 4 aromatic rings. The molecule has 3 aromatic carbocycles. The first kappa shape index (κ1) is 28.5. The van der Waals surface area contributed by atoms with Crippen LogP contribution in [0.1, 0.15) is 32.7 Å². The summed E-state index contributed by atoms with van der Waals surface area (Å²) in [7, 11) is 3.16. The molecule has 0 aliphatic carbocycles. The average molecular weight is 569 g/mol. The number of aromatic nitrogens is 1. The molecule has 7 nitrogen and oxygen atoms in total. The van der Waals surface area contributed by atoms with Gasteiger partial charge in [-0.15, -0.1) is 13.2 Å². The Morgan fingerprint density at radius 3 is 2.45 bits per heavy atom. The van der Waals surface area contributed by atoms with Crippen molar-refractivity contribution in [1.29, 1.82) is 5.26 Å². The molecule has 0 radical (unpaired) electrons. The van der Waals surface area contributed by atoms with Crippen LogP contribution in [0.5, 0.6) is 5.75 Å². The minimum atomic E-state index is -5.04. The van der Waals surface area contributed by atoms with E-state index in [1.807, 2.05) is 30.3 Å². The number of rotatable bonds is 8. The fourth-order valence-electron chi connectivity index (χ4n) is 4.32. The van der Waals surface area contributed by atoms with Crippen LogP contribution in [0.15, 0.2) is 66.9 Å². The van der Waals surface area contributed by atoms with E-state index in [2.05, 4.69) is 15.0 Å². The molecule has 206 valence electrons. The molecule has 2 N–H and O–H groups in total. The van der Waals surface area contributed by atoms with E-state index in [0.29, 0.717) is 11.1 Å². The first-order chi connectivity index (χ1) is 19.0. The molecule has 1 unspecified atom stereocenters. The minimum Gasteiger partial charge on any atom is -0.405 e. The number of amides is 2. The maximum atomic E-state index is 13.3. The van der Waals surface area contributed by atoms with Crippen LogP contribution >= 0.6 is 11.6 Å². The molecule has 1 heterocycles. The summed E-state index contributed by atoms with van der Waals surface area (Å²) in [5, 5.41) is 13.1. The average Bonchev–Trinajstić information content (AvgIpc) is 3.30. The second kappa shape index (κ2) is 11.7. The molecule has 0 aliphatic rings. The maximum Gasteiger partial charge on any atom is 0.573 e. The van der Waals surface area contributed by atoms with Crippen molar-refractivity contribution in [2.24, 2.45) is 0 Å². The van der Waals surface area contributed by atoms with Crippen LogP contribution in [-0.2, 0) is 6.42 Å². The molecular formula is C29H24ClF3N4O3. The van der Waals surface area contributed by atoms with Crippen molar-refractivity contribution in [3.05, 3.63) is 88.6 Å². The topological polar surface area (TPSA) is 98.2 Å². The molecule has 0 fully saturated rings. The van der Waals surface area contributed by atoms with Gasteiger partial charge in [-0.05, 0) is 53.4 Å². The van der Waals surface area contributed by atoms with Crippen LogP contribution in [0, 0.1) is 11.3 Å². The van der Waals surface area contributed by atoms with Gasteiger partial charge in [0.15, 0.2) is 0 Å². The molecule has 11 heteroatoms. The molecule has 0 saturated heterocycles. The third-order valence-electron chi connectivity index (χ3n) is 6.20. The zero-order valence-corrected chi connectivity index (χ0v) is 22.2. The predicted octanol–water partition coefficient (Wildman–Crippen LogP) is 6.34. The van der Waals surface area contributed by atoms with Crippen molar-refractivity contribution in [3.8, 4) is 22.9 Å². The lowest BCUT2D eigenvalue weighted by molar-refractivity contribution is -0.274. The number of nitrogens with zero attached hydrogens (tertiary/aromatic N) is 2. The van der Waals surface area contributed by atoms with Crippen molar-refractivity contribution in [3.63, 3.8) is 0 Å². The summed E-state index contributed by atoms with van der Waals surface area (Å²) in [4.78, 5) is 30.2. The molecule has 0 spiro atoms. The summed E-state index contributed by atoms with van der Waals surface area (Å²) < 4.78 is 43.7. The number of nitrogens with one attached hydrogen (secondary N) is 2. The van der Waals surface area contributed by atoms with Crippen molar-refractivity contribution < 1.29 is 27.5 Å². The standard InChI is InChI=1S/C29H24ClF3N4O3/c1-37(2)28(39)22-9-7-18(15-24(22)30)17-8-10-26(40-29(31,32)33)23(14-17)27(38)36-20(11-12-34)13-19-16-35-25-6-4-3-5-21(19)25/h3-10,14-16,20,35H,11,13H2,1-2H3,(H,36,38). The van der Waals surface area contributed by atoms with E-state index in [1.165, 1.54) is 29.2 Å². The number of para-hydroxylation sites is 1. The second-order valence-electron chi connectivity index (χ2n) is 9.25. The molecular weight excluding hydrogens is 545 g/mol. The molecule has 1 aromatic heterocycles. The number of alkyl halides is 3. The van der Waals surface area contributed by atoms with Crippen LogP contribution in [0.3, 0.4) is 0 Å². The Hall–Kier alpha value is -4.49. The highest BCUT2D eigenvalue weighted by atomic mass is 35.5. The molecule has 0 aliphatic heterocycles. The molecule has 4 rings (SSSR count). The third-order valence-corrected chi connectivity index (χ3v) is 6.52. The smallest absolute Gasteiger partial charge is 0.405 e. The van der Waals surface area contributed by atoms with Gasteiger partial charge < -0.3 is 19.9 Å². The van der Waals surface area contributed by atoms with Gasteiger partial charge in [-0.25, -0.2) is 0 Å². The summed E-state index contributed by atoms with van der Waals surface area (Å²) in [5.41, 5.74) is 2.45. The summed E-state index contributed by atoms with van der Waals surface area (Å²) in [6.07, 6.45) is -3.06. The van der Waals surface area contributed by atoms with Gasteiger partial charge in [0.1, 0.15) is 5.75 Å². The van der Waals surface area contributed by atoms with E-state index in [4.69, 9.17) is 11.6 Å². The third kappa shape index (κ3) is 6.55. The van der Waals surface area contributed by atoms with E-state index in [1.54, 1.807) is 26.4 Å². The normalized spacial score (nSPS) is 12.0. The van der Waals surface area contributed by atoms with Gasteiger partial charge in [0.2, 0.25) is 0 Å². The number of aromatic amines is 1. The van der Waals surface area contributed by atoms with Crippen molar-refractivity contribution >= 4 is 34.3 Å². The fraction of sp³-hybridized carbons (Fsp3) is 0.207. The predicted molar refractivity (Wildman–Crippen MR) is 145 cm³/mol. The molecule has 40 heavy (non-hydrogen) atoms. The zero-order valence-electron chi connectivity index (χ0n) is 21.5. The first-order valence-electron chi connectivity index (χ1n) is 12.1. The van der Waals surface area contributed by atoms with Gasteiger partial charge in [-0.3, -0.25) is 9.59 Å². The van der Waals surface area contributed by atoms with E-state index in [0.717, 1.165) is 22.5 Å². The number of carbonyl (C=O) groups excluding carboxylic acids is 2. The van der Waals surface area contributed by atoms with E-state index in [-0.39, 0.29) is 34.9 Å². The van der Waals surface area contributed by atoms with Gasteiger partial charge in [0, 0.05) is 37.2 Å². The van der Waals surface area contributed by atoms with E-state index < -0.39 is 24.1 Å². The fourth-order valence-corrected chi connectivity index (χ4v) is 4.58. The first-order valence-corrected chi connectivity index (χ1v) is 12.5. The van der Waals surface area contributed by atoms with Gasteiger partial charge >= 0.3 is 6.36 Å². The number of H-pyrrole nitrogens is 1. The largest absolute Gasteiger partial charge is 0.573 e. The molecule has 1 atom stereocenters. The monoisotopic (exact) mass is 568 g/mol.